The molecule has 0 saturated heterocycles. The molecule has 0 saturated carbocycles. The maximum absolute atomic E-state index is 10.5. The minimum absolute atomic E-state index is 0.143. The standard InChI is InChI=1S/C19H23N3O3.C2H2O4/c1-19(2,16-8-6-11-21-14-16)18(15-7-5-10-20-13-15)22-25-12-4-3-9-17(23)24;3-1(4)2(5)6/h5-8,10-11,13-14H,3-4,9,12H2,1-2H3,(H,23,24);(H,3,4)(H,5,6)/b22-18+;. The van der Waals surface area contributed by atoms with E-state index in [1.807, 2.05) is 30.5 Å². The quantitative estimate of drug-likeness (QED) is 0.235. The number of hydrogen-bond acceptors (Lipinski definition) is 7. The molecular formula is C21H25N3O7. The van der Waals surface area contributed by atoms with E-state index in [1.54, 1.807) is 18.6 Å². The Morgan fingerprint density at radius 3 is 2.06 bits per heavy atom. The van der Waals surface area contributed by atoms with Crippen molar-refractivity contribution in [3.63, 3.8) is 0 Å². The van der Waals surface area contributed by atoms with Crippen molar-refractivity contribution in [2.24, 2.45) is 5.16 Å². The largest absolute Gasteiger partial charge is 0.481 e. The lowest BCUT2D eigenvalue weighted by molar-refractivity contribution is -0.159. The van der Waals surface area contributed by atoms with Crippen molar-refractivity contribution in [2.45, 2.75) is 38.5 Å². The van der Waals surface area contributed by atoms with Gasteiger partial charge in [-0.25, -0.2) is 9.59 Å². The summed E-state index contributed by atoms with van der Waals surface area (Å²) in [6.07, 6.45) is 8.38. The van der Waals surface area contributed by atoms with Gasteiger partial charge in [-0.15, -0.1) is 0 Å². The van der Waals surface area contributed by atoms with Crippen LogP contribution in [0.5, 0.6) is 0 Å². The molecule has 2 aromatic rings. The minimum atomic E-state index is -1.82. The smallest absolute Gasteiger partial charge is 0.414 e. The second-order valence-corrected chi connectivity index (χ2v) is 6.84. The summed E-state index contributed by atoms with van der Waals surface area (Å²) < 4.78 is 0. The van der Waals surface area contributed by atoms with E-state index in [4.69, 9.17) is 29.7 Å². The van der Waals surface area contributed by atoms with E-state index in [0.717, 1.165) is 16.8 Å². The lowest BCUT2D eigenvalue weighted by Gasteiger charge is -2.26. The maximum atomic E-state index is 10.5. The van der Waals surface area contributed by atoms with Crippen LogP contribution in [0.4, 0.5) is 0 Å². The van der Waals surface area contributed by atoms with Crippen LogP contribution in [0.25, 0.3) is 0 Å². The summed E-state index contributed by atoms with van der Waals surface area (Å²) in [5.74, 6) is -4.44. The SMILES string of the molecule is CC(C)(/C(=N/OCCCCC(=O)O)c1cccnc1)c1cccnc1.O=C(O)C(=O)O. The minimum Gasteiger partial charge on any atom is -0.481 e. The van der Waals surface area contributed by atoms with Gasteiger partial charge in [0, 0.05) is 42.2 Å². The Bertz CT molecular complexity index is 872. The highest BCUT2D eigenvalue weighted by Gasteiger charge is 2.30. The topological polar surface area (TPSA) is 159 Å². The van der Waals surface area contributed by atoms with Gasteiger partial charge < -0.3 is 20.2 Å². The molecule has 0 unspecified atom stereocenters. The van der Waals surface area contributed by atoms with E-state index in [9.17, 15) is 4.79 Å². The van der Waals surface area contributed by atoms with Crippen LogP contribution in [0.15, 0.2) is 54.2 Å². The maximum Gasteiger partial charge on any atom is 0.414 e. The van der Waals surface area contributed by atoms with Crippen molar-refractivity contribution in [1.82, 2.24) is 9.97 Å². The number of carboxylic acids is 3. The molecule has 0 aliphatic heterocycles. The molecule has 10 nitrogen and oxygen atoms in total. The Morgan fingerprint density at radius 1 is 0.968 bits per heavy atom. The molecule has 2 heterocycles. The van der Waals surface area contributed by atoms with Crippen LogP contribution in [0.2, 0.25) is 0 Å². The number of carbonyl (C=O) groups is 3. The van der Waals surface area contributed by atoms with E-state index in [1.165, 1.54) is 0 Å². The fourth-order valence-electron chi connectivity index (χ4n) is 2.45. The molecule has 0 amide bonds. The molecule has 0 aromatic carbocycles. The van der Waals surface area contributed by atoms with E-state index in [2.05, 4.69) is 29.0 Å². The molecule has 0 aliphatic rings. The number of rotatable bonds is 9. The lowest BCUT2D eigenvalue weighted by atomic mass is 9.78. The van der Waals surface area contributed by atoms with E-state index >= 15 is 0 Å². The van der Waals surface area contributed by atoms with Crippen LogP contribution < -0.4 is 0 Å². The summed E-state index contributed by atoms with van der Waals surface area (Å²) in [7, 11) is 0. The summed E-state index contributed by atoms with van der Waals surface area (Å²) in [5.41, 5.74) is 2.24. The number of aliphatic carboxylic acids is 3. The summed E-state index contributed by atoms with van der Waals surface area (Å²) in [5, 5.41) is 27.8. The molecule has 0 atom stereocenters. The molecule has 0 spiro atoms. The Hall–Kier alpha value is -3.82. The van der Waals surface area contributed by atoms with Gasteiger partial charge in [0.05, 0.1) is 5.71 Å². The van der Waals surface area contributed by atoms with Crippen molar-refractivity contribution in [1.29, 1.82) is 0 Å². The van der Waals surface area contributed by atoms with Crippen LogP contribution >= 0.6 is 0 Å². The number of pyridine rings is 2. The number of oxime groups is 1. The number of hydrogen-bond donors (Lipinski definition) is 3. The predicted octanol–water partition coefficient (Wildman–Crippen LogP) is 2.59. The van der Waals surface area contributed by atoms with Gasteiger partial charge in [-0.3, -0.25) is 14.8 Å². The van der Waals surface area contributed by atoms with Gasteiger partial charge in [0.1, 0.15) is 6.61 Å². The summed E-state index contributed by atoms with van der Waals surface area (Å²) in [4.78, 5) is 42.6. The summed E-state index contributed by atoms with van der Waals surface area (Å²) in [6.45, 7) is 4.49. The fourth-order valence-corrected chi connectivity index (χ4v) is 2.45. The van der Waals surface area contributed by atoms with Crippen LogP contribution in [-0.2, 0) is 24.6 Å². The average molecular weight is 431 g/mol. The van der Waals surface area contributed by atoms with Crippen LogP contribution in [0, 0.1) is 0 Å². The molecule has 2 aromatic heterocycles. The lowest BCUT2D eigenvalue weighted by Crippen LogP contribution is -2.30. The van der Waals surface area contributed by atoms with Gasteiger partial charge in [0.15, 0.2) is 0 Å². The van der Waals surface area contributed by atoms with Crippen molar-refractivity contribution in [3.8, 4) is 0 Å². The monoisotopic (exact) mass is 431 g/mol. The molecule has 2 rings (SSSR count). The average Bonchev–Trinajstić information content (AvgIpc) is 2.74. The molecule has 10 heteroatoms. The molecule has 0 bridgehead atoms. The highest BCUT2D eigenvalue weighted by atomic mass is 16.6. The number of aromatic nitrogens is 2. The first-order chi connectivity index (χ1) is 14.7. The highest BCUT2D eigenvalue weighted by molar-refractivity contribution is 6.27. The zero-order valence-electron chi connectivity index (χ0n) is 17.3. The Morgan fingerprint density at radius 2 is 1.58 bits per heavy atom. The Kier molecular flexibility index (Phi) is 10.3. The van der Waals surface area contributed by atoms with Crippen LogP contribution in [0.3, 0.4) is 0 Å². The molecule has 0 radical (unpaired) electrons. The molecule has 3 N–H and O–H groups in total. The van der Waals surface area contributed by atoms with Gasteiger partial charge in [-0.1, -0.05) is 11.2 Å². The predicted molar refractivity (Wildman–Crippen MR) is 111 cm³/mol. The Balaban J connectivity index is 0.000000703. The zero-order chi connectivity index (χ0) is 23.3. The summed E-state index contributed by atoms with van der Waals surface area (Å²) >= 11 is 0. The summed E-state index contributed by atoms with van der Waals surface area (Å²) in [6, 6.07) is 7.70. The number of unbranched alkanes of at least 4 members (excludes halogenated alkanes) is 1. The van der Waals surface area contributed by atoms with E-state index in [-0.39, 0.29) is 6.42 Å². The third-order valence-electron chi connectivity index (χ3n) is 4.13. The van der Waals surface area contributed by atoms with E-state index < -0.39 is 23.3 Å². The van der Waals surface area contributed by atoms with Crippen molar-refractivity contribution < 1.29 is 34.5 Å². The zero-order valence-corrected chi connectivity index (χ0v) is 17.3. The van der Waals surface area contributed by atoms with Crippen molar-refractivity contribution >= 4 is 23.6 Å². The van der Waals surface area contributed by atoms with Crippen molar-refractivity contribution in [2.75, 3.05) is 6.61 Å². The van der Waals surface area contributed by atoms with Crippen LogP contribution in [0.1, 0.15) is 44.2 Å². The molecule has 0 fully saturated rings. The first kappa shape index (κ1) is 25.2. The number of nitrogens with zero attached hydrogens (tertiary/aromatic N) is 3. The van der Waals surface area contributed by atoms with E-state index in [0.29, 0.717) is 19.4 Å². The van der Waals surface area contributed by atoms with Gasteiger partial charge in [0.2, 0.25) is 0 Å². The van der Waals surface area contributed by atoms with Gasteiger partial charge in [-0.05, 0) is 50.5 Å². The van der Waals surface area contributed by atoms with Gasteiger partial charge in [0.25, 0.3) is 0 Å². The van der Waals surface area contributed by atoms with Gasteiger partial charge >= 0.3 is 17.9 Å². The Labute approximate surface area is 179 Å². The third kappa shape index (κ3) is 9.03. The first-order valence-corrected chi connectivity index (χ1v) is 9.35. The molecular weight excluding hydrogens is 406 g/mol. The second kappa shape index (κ2) is 12.7. The fraction of sp³-hybridized carbons (Fsp3) is 0.333. The normalized spacial score (nSPS) is 11.1. The second-order valence-electron chi connectivity index (χ2n) is 6.84. The number of carboxylic acid groups (broad SMARTS) is 3. The van der Waals surface area contributed by atoms with Crippen LogP contribution in [-0.4, -0.2) is 55.5 Å². The molecule has 166 valence electrons. The highest BCUT2D eigenvalue weighted by Crippen LogP contribution is 2.28. The molecule has 0 aliphatic carbocycles. The third-order valence-corrected chi connectivity index (χ3v) is 4.13. The van der Waals surface area contributed by atoms with Gasteiger partial charge in [-0.2, -0.15) is 0 Å². The van der Waals surface area contributed by atoms with Crippen molar-refractivity contribution in [3.05, 3.63) is 60.2 Å². The first-order valence-electron chi connectivity index (χ1n) is 9.35. The molecule has 31 heavy (non-hydrogen) atoms.